The van der Waals surface area contributed by atoms with E-state index in [1.54, 1.807) is 18.2 Å². The van der Waals surface area contributed by atoms with Gasteiger partial charge in [0.15, 0.2) is 5.78 Å². The van der Waals surface area contributed by atoms with Crippen molar-refractivity contribution in [1.29, 1.82) is 0 Å². The summed E-state index contributed by atoms with van der Waals surface area (Å²) in [5, 5.41) is 4.54. The fraction of sp³-hybridized carbons (Fsp3) is 0.417. The van der Waals surface area contributed by atoms with E-state index in [9.17, 15) is 19.2 Å². The summed E-state index contributed by atoms with van der Waals surface area (Å²) in [6.07, 6.45) is 1.81. The molecule has 0 aromatic heterocycles. The molecule has 2 aromatic rings. The molecule has 0 saturated carbocycles. The zero-order valence-electron chi connectivity index (χ0n) is 18.5. The van der Waals surface area contributed by atoms with Crippen molar-refractivity contribution in [1.82, 2.24) is 10.2 Å². The summed E-state index contributed by atoms with van der Waals surface area (Å²) < 4.78 is 0. The highest BCUT2D eigenvalue weighted by molar-refractivity contribution is 6.24. The number of nitrogens with two attached hydrogens (primary N) is 2. The van der Waals surface area contributed by atoms with Crippen molar-refractivity contribution in [3.63, 3.8) is 0 Å². The molecule has 2 aromatic carbocycles. The van der Waals surface area contributed by atoms with Crippen LogP contribution in [0.1, 0.15) is 53.8 Å². The summed E-state index contributed by atoms with van der Waals surface area (Å²) in [7, 11) is 0. The van der Waals surface area contributed by atoms with Gasteiger partial charge in [0.25, 0.3) is 11.8 Å². The van der Waals surface area contributed by atoms with E-state index in [1.165, 1.54) is 6.07 Å². The zero-order valence-corrected chi connectivity index (χ0v) is 18.5. The lowest BCUT2D eigenvalue weighted by atomic mass is 9.91. The Bertz CT molecular complexity index is 1040. The van der Waals surface area contributed by atoms with Crippen molar-refractivity contribution < 1.29 is 19.2 Å². The minimum Gasteiger partial charge on any atom is -0.322 e. The van der Waals surface area contributed by atoms with Crippen LogP contribution in [0.3, 0.4) is 0 Å². The standard InChI is InChI=1S/C24H30N4O4/c1-14(2)12-18(26)24(32)28(20(29)13-25)23(31)17-10-9-15-6-3-4-7-16(15)21(17)22(30)19-8-5-11-27-19/h3-4,6-7,9-10,14,18-19,27H,5,8,11-13,25-26H2,1-2H3/t18-,19-/m0/s1. The second-order valence-electron chi connectivity index (χ2n) is 8.54. The quantitative estimate of drug-likeness (QED) is 0.559. The third-order valence-electron chi connectivity index (χ3n) is 5.67. The van der Waals surface area contributed by atoms with E-state index >= 15 is 0 Å². The van der Waals surface area contributed by atoms with Crippen LogP contribution in [0.2, 0.25) is 0 Å². The first-order chi connectivity index (χ1) is 15.3. The van der Waals surface area contributed by atoms with E-state index in [1.807, 2.05) is 26.0 Å². The van der Waals surface area contributed by atoms with Gasteiger partial charge in [0.05, 0.1) is 24.2 Å². The maximum Gasteiger partial charge on any atom is 0.268 e. The third-order valence-corrected chi connectivity index (χ3v) is 5.67. The van der Waals surface area contributed by atoms with Gasteiger partial charge in [-0.2, -0.15) is 0 Å². The summed E-state index contributed by atoms with van der Waals surface area (Å²) in [6.45, 7) is 3.95. The van der Waals surface area contributed by atoms with Crippen molar-refractivity contribution in [2.45, 2.75) is 45.2 Å². The van der Waals surface area contributed by atoms with E-state index in [0.29, 0.717) is 29.7 Å². The van der Waals surface area contributed by atoms with Gasteiger partial charge in [-0.1, -0.05) is 44.2 Å². The maximum atomic E-state index is 13.6. The van der Waals surface area contributed by atoms with Crippen LogP contribution in [0, 0.1) is 5.92 Å². The van der Waals surface area contributed by atoms with Gasteiger partial charge < -0.3 is 16.8 Å². The number of Topliss-reactive ketones (excluding diaryl/α,β-unsaturated/α-hetero) is 1. The Balaban J connectivity index is 2.12. The number of benzene rings is 2. The molecular formula is C24H30N4O4. The number of carbonyl (C=O) groups excluding carboxylic acids is 4. The van der Waals surface area contributed by atoms with Crippen LogP contribution >= 0.6 is 0 Å². The van der Waals surface area contributed by atoms with Crippen molar-refractivity contribution in [3.05, 3.63) is 47.5 Å². The molecule has 8 nitrogen and oxygen atoms in total. The Hall–Kier alpha value is -2.94. The largest absolute Gasteiger partial charge is 0.322 e. The molecule has 0 radical (unpaired) electrons. The second-order valence-corrected chi connectivity index (χ2v) is 8.54. The molecule has 0 unspecified atom stereocenters. The Morgan fingerprint density at radius 2 is 1.84 bits per heavy atom. The molecule has 3 rings (SSSR count). The lowest BCUT2D eigenvalue weighted by Gasteiger charge is -2.24. The van der Waals surface area contributed by atoms with E-state index in [2.05, 4.69) is 5.32 Å². The highest BCUT2D eigenvalue weighted by atomic mass is 16.2. The smallest absolute Gasteiger partial charge is 0.268 e. The SMILES string of the molecule is CC(C)C[C@H](N)C(=O)N(C(=O)CN)C(=O)c1ccc2ccccc2c1C(=O)[C@@H]1CCCN1. The number of nitrogens with one attached hydrogen (secondary N) is 1. The first-order valence-electron chi connectivity index (χ1n) is 10.9. The monoisotopic (exact) mass is 438 g/mol. The minimum atomic E-state index is -1.04. The van der Waals surface area contributed by atoms with E-state index < -0.39 is 36.3 Å². The molecule has 0 aliphatic carbocycles. The predicted octanol–water partition coefficient (Wildman–Crippen LogP) is 1.60. The van der Waals surface area contributed by atoms with Gasteiger partial charge in [-0.25, -0.2) is 4.90 Å². The first kappa shape index (κ1) is 23.7. The molecule has 0 spiro atoms. The highest BCUT2D eigenvalue weighted by Crippen LogP contribution is 2.27. The van der Waals surface area contributed by atoms with Crippen LogP contribution in [0.4, 0.5) is 0 Å². The number of hydrogen-bond donors (Lipinski definition) is 3. The summed E-state index contributed by atoms with van der Waals surface area (Å²) in [5.41, 5.74) is 11.7. The fourth-order valence-electron chi connectivity index (χ4n) is 4.12. The lowest BCUT2D eigenvalue weighted by molar-refractivity contribution is -0.141. The van der Waals surface area contributed by atoms with Gasteiger partial charge in [-0.15, -0.1) is 0 Å². The van der Waals surface area contributed by atoms with E-state index in [-0.39, 0.29) is 22.8 Å². The second kappa shape index (κ2) is 10.1. The van der Waals surface area contributed by atoms with Crippen LogP contribution < -0.4 is 16.8 Å². The molecule has 5 N–H and O–H groups in total. The van der Waals surface area contributed by atoms with Crippen LogP contribution in [-0.4, -0.2) is 53.6 Å². The third kappa shape index (κ3) is 4.77. The fourth-order valence-corrected chi connectivity index (χ4v) is 4.12. The average Bonchev–Trinajstić information content (AvgIpc) is 3.32. The first-order valence-corrected chi connectivity index (χ1v) is 10.9. The molecule has 3 amide bonds. The van der Waals surface area contributed by atoms with Crippen LogP contribution in [0.5, 0.6) is 0 Å². The molecule has 0 bridgehead atoms. The summed E-state index contributed by atoms with van der Waals surface area (Å²) in [5.74, 6) is -2.70. The minimum absolute atomic E-state index is 0.00528. The van der Waals surface area contributed by atoms with Gasteiger partial charge in [-0.05, 0) is 48.6 Å². The topological polar surface area (TPSA) is 136 Å². The molecular weight excluding hydrogens is 408 g/mol. The van der Waals surface area contributed by atoms with E-state index in [4.69, 9.17) is 11.5 Å². The predicted molar refractivity (Wildman–Crippen MR) is 122 cm³/mol. The van der Waals surface area contributed by atoms with Crippen LogP contribution in [-0.2, 0) is 9.59 Å². The molecule has 1 aliphatic heterocycles. The number of hydrogen-bond acceptors (Lipinski definition) is 7. The summed E-state index contributed by atoms with van der Waals surface area (Å²) in [6, 6.07) is 8.95. The maximum absolute atomic E-state index is 13.6. The molecule has 8 heteroatoms. The molecule has 1 fully saturated rings. The number of amides is 3. The number of carbonyl (C=O) groups is 4. The van der Waals surface area contributed by atoms with Crippen molar-refractivity contribution in [3.8, 4) is 0 Å². The number of imide groups is 3. The Labute approximate surface area is 187 Å². The van der Waals surface area contributed by atoms with Crippen LogP contribution in [0.15, 0.2) is 36.4 Å². The molecule has 170 valence electrons. The molecule has 1 aliphatic rings. The van der Waals surface area contributed by atoms with Crippen LogP contribution in [0.25, 0.3) is 10.8 Å². The summed E-state index contributed by atoms with van der Waals surface area (Å²) >= 11 is 0. The lowest BCUT2D eigenvalue weighted by Crippen LogP contribution is -2.52. The normalized spacial score (nSPS) is 16.8. The average molecular weight is 439 g/mol. The number of rotatable bonds is 7. The van der Waals surface area contributed by atoms with Gasteiger partial charge >= 0.3 is 0 Å². The molecule has 1 heterocycles. The highest BCUT2D eigenvalue weighted by Gasteiger charge is 2.36. The number of ketones is 1. The van der Waals surface area contributed by atoms with Crippen molar-refractivity contribution >= 4 is 34.3 Å². The Morgan fingerprint density at radius 1 is 1.12 bits per heavy atom. The molecule has 32 heavy (non-hydrogen) atoms. The van der Waals surface area contributed by atoms with Crippen molar-refractivity contribution in [2.75, 3.05) is 13.1 Å². The Kier molecular flexibility index (Phi) is 7.50. The Morgan fingerprint density at radius 3 is 2.47 bits per heavy atom. The van der Waals surface area contributed by atoms with Gasteiger partial charge in [0.1, 0.15) is 0 Å². The number of nitrogens with zero attached hydrogens (tertiary/aromatic N) is 1. The summed E-state index contributed by atoms with van der Waals surface area (Å²) in [4.78, 5) is 53.1. The number of fused-ring (bicyclic) bond motifs is 1. The van der Waals surface area contributed by atoms with Gasteiger partial charge in [0.2, 0.25) is 5.91 Å². The van der Waals surface area contributed by atoms with Gasteiger partial charge in [-0.3, -0.25) is 19.2 Å². The van der Waals surface area contributed by atoms with Gasteiger partial charge in [0, 0.05) is 5.56 Å². The van der Waals surface area contributed by atoms with Crippen molar-refractivity contribution in [2.24, 2.45) is 17.4 Å². The molecule has 2 atom stereocenters. The zero-order chi connectivity index (χ0) is 23.4. The van der Waals surface area contributed by atoms with E-state index in [0.717, 1.165) is 11.8 Å². The molecule has 1 saturated heterocycles.